The van der Waals surface area contributed by atoms with Crippen LogP contribution in [0, 0.1) is 10.1 Å². The van der Waals surface area contributed by atoms with Gasteiger partial charge >= 0.3 is 0 Å². The van der Waals surface area contributed by atoms with Crippen molar-refractivity contribution in [1.29, 1.82) is 0 Å². The zero-order valence-corrected chi connectivity index (χ0v) is 9.30. The molecule has 0 unspecified atom stereocenters. The zero-order chi connectivity index (χ0) is 12.0. The Labute approximate surface area is 94.5 Å². The highest BCUT2D eigenvalue weighted by Gasteiger charge is 2.04. The van der Waals surface area contributed by atoms with Gasteiger partial charge in [-0.2, -0.15) is 0 Å². The highest BCUT2D eigenvalue weighted by atomic mass is 16.6. The normalized spacial score (nSPS) is 10.7. The maximum Gasteiger partial charge on any atom is 0.269 e. The van der Waals surface area contributed by atoms with Crippen LogP contribution in [0.4, 0.5) is 5.69 Å². The number of benzene rings is 1. The van der Waals surface area contributed by atoms with Gasteiger partial charge in [0.15, 0.2) is 0 Å². The van der Waals surface area contributed by atoms with Crippen LogP contribution in [-0.4, -0.2) is 41.7 Å². The Morgan fingerprint density at radius 1 is 1.31 bits per heavy atom. The van der Waals surface area contributed by atoms with Crippen LogP contribution >= 0.6 is 0 Å². The van der Waals surface area contributed by atoms with Crippen LogP contribution in [0.5, 0.6) is 0 Å². The van der Waals surface area contributed by atoms with Gasteiger partial charge < -0.3 is 10.0 Å². The summed E-state index contributed by atoms with van der Waals surface area (Å²) in [6.45, 7) is 1.63. The van der Waals surface area contributed by atoms with Crippen LogP contribution in [-0.2, 0) is 6.42 Å². The van der Waals surface area contributed by atoms with Gasteiger partial charge in [-0.05, 0) is 19.0 Å². The maximum absolute atomic E-state index is 10.4. The van der Waals surface area contributed by atoms with E-state index in [2.05, 4.69) is 0 Å². The van der Waals surface area contributed by atoms with Gasteiger partial charge in [0.05, 0.1) is 11.5 Å². The van der Waals surface area contributed by atoms with Crippen molar-refractivity contribution < 1.29 is 10.0 Å². The van der Waals surface area contributed by atoms with Gasteiger partial charge in [-0.25, -0.2) is 0 Å². The van der Waals surface area contributed by atoms with Gasteiger partial charge in [-0.15, -0.1) is 0 Å². The highest BCUT2D eigenvalue weighted by Crippen LogP contribution is 2.12. The summed E-state index contributed by atoms with van der Waals surface area (Å²) in [6, 6.07) is 6.57. The molecule has 0 saturated carbocycles. The van der Waals surface area contributed by atoms with Gasteiger partial charge in [0.1, 0.15) is 0 Å². The summed E-state index contributed by atoms with van der Waals surface area (Å²) in [5, 5.41) is 19.1. The molecule has 0 aliphatic rings. The minimum atomic E-state index is -0.401. The average Bonchev–Trinajstić information content (AvgIpc) is 2.27. The van der Waals surface area contributed by atoms with Crippen molar-refractivity contribution in [3.8, 4) is 0 Å². The summed E-state index contributed by atoms with van der Waals surface area (Å²) in [7, 11) is 1.93. The molecule has 16 heavy (non-hydrogen) atoms. The number of likely N-dealkylation sites (N-methyl/N-ethyl adjacent to an activating group) is 1. The quantitative estimate of drug-likeness (QED) is 0.579. The van der Waals surface area contributed by atoms with Crippen LogP contribution in [0.3, 0.4) is 0 Å². The van der Waals surface area contributed by atoms with Crippen molar-refractivity contribution in [2.45, 2.75) is 6.42 Å². The fourth-order valence-electron chi connectivity index (χ4n) is 1.39. The second-order valence-electron chi connectivity index (χ2n) is 3.70. The van der Waals surface area contributed by atoms with E-state index in [9.17, 15) is 10.1 Å². The first kappa shape index (κ1) is 12.6. The molecule has 0 saturated heterocycles. The molecule has 1 N–H and O–H groups in total. The number of hydrogen-bond donors (Lipinski definition) is 1. The first-order valence-corrected chi connectivity index (χ1v) is 5.16. The molecule has 1 rings (SSSR count). The lowest BCUT2D eigenvalue weighted by molar-refractivity contribution is -0.384. The fourth-order valence-corrected chi connectivity index (χ4v) is 1.39. The molecular formula is C11H16N2O3. The van der Waals surface area contributed by atoms with Crippen molar-refractivity contribution in [3.05, 3.63) is 39.9 Å². The monoisotopic (exact) mass is 224 g/mol. The first-order chi connectivity index (χ1) is 7.63. The van der Waals surface area contributed by atoms with Crippen LogP contribution in [0.15, 0.2) is 24.3 Å². The van der Waals surface area contributed by atoms with Crippen LogP contribution < -0.4 is 0 Å². The lowest BCUT2D eigenvalue weighted by Gasteiger charge is -2.14. The largest absolute Gasteiger partial charge is 0.395 e. The van der Waals surface area contributed by atoms with Gasteiger partial charge in [0.2, 0.25) is 0 Å². The molecule has 0 fully saturated rings. The highest BCUT2D eigenvalue weighted by molar-refractivity contribution is 5.32. The number of nitro benzene ring substituents is 1. The minimum absolute atomic E-state index is 0.118. The molecule has 5 nitrogen and oxygen atoms in total. The third kappa shape index (κ3) is 3.96. The summed E-state index contributed by atoms with van der Waals surface area (Å²) in [6.07, 6.45) is 0.828. The molecule has 5 heteroatoms. The Balaban J connectivity index is 2.46. The van der Waals surface area contributed by atoms with Crippen LogP contribution in [0.25, 0.3) is 0 Å². The molecule has 1 aromatic carbocycles. The fraction of sp³-hybridized carbons (Fsp3) is 0.455. The van der Waals surface area contributed by atoms with Crippen LogP contribution in [0.1, 0.15) is 5.56 Å². The van der Waals surface area contributed by atoms with Gasteiger partial charge in [-0.1, -0.05) is 12.1 Å². The number of rotatable bonds is 6. The third-order valence-electron chi connectivity index (χ3n) is 2.41. The summed E-state index contributed by atoms with van der Waals surface area (Å²) in [4.78, 5) is 12.0. The van der Waals surface area contributed by atoms with Crippen molar-refractivity contribution >= 4 is 5.69 Å². The summed E-state index contributed by atoms with van der Waals surface area (Å²) < 4.78 is 0. The minimum Gasteiger partial charge on any atom is -0.395 e. The second kappa shape index (κ2) is 6.19. The molecular weight excluding hydrogens is 208 g/mol. The molecule has 0 aliphatic carbocycles. The van der Waals surface area contributed by atoms with E-state index >= 15 is 0 Å². The molecule has 0 heterocycles. The second-order valence-corrected chi connectivity index (χ2v) is 3.70. The molecule has 0 radical (unpaired) electrons. The van der Waals surface area contributed by atoms with Gasteiger partial charge in [-0.3, -0.25) is 10.1 Å². The molecule has 0 aromatic heterocycles. The van der Waals surface area contributed by atoms with Gasteiger partial charge in [0, 0.05) is 25.2 Å². The Hall–Kier alpha value is -1.46. The molecule has 88 valence electrons. The Morgan fingerprint density at radius 2 is 1.94 bits per heavy atom. The topological polar surface area (TPSA) is 66.6 Å². The lowest BCUT2D eigenvalue weighted by atomic mass is 10.1. The average molecular weight is 224 g/mol. The van der Waals surface area contributed by atoms with Crippen molar-refractivity contribution in [3.63, 3.8) is 0 Å². The van der Waals surface area contributed by atoms with E-state index in [1.807, 2.05) is 11.9 Å². The predicted octanol–water partition coefficient (Wildman–Crippen LogP) is 1.06. The first-order valence-electron chi connectivity index (χ1n) is 5.16. The van der Waals surface area contributed by atoms with E-state index in [0.717, 1.165) is 18.5 Å². The zero-order valence-electron chi connectivity index (χ0n) is 9.30. The number of nitro groups is 1. The summed E-state index contributed by atoms with van der Waals surface area (Å²) >= 11 is 0. The molecule has 0 atom stereocenters. The molecule has 0 bridgehead atoms. The number of non-ortho nitro benzene ring substituents is 1. The van der Waals surface area contributed by atoms with Crippen LogP contribution in [0.2, 0.25) is 0 Å². The predicted molar refractivity (Wildman–Crippen MR) is 61.4 cm³/mol. The molecule has 1 aromatic rings. The summed E-state index contributed by atoms with van der Waals surface area (Å²) in [5.41, 5.74) is 1.18. The van der Waals surface area contributed by atoms with Crippen molar-refractivity contribution in [1.82, 2.24) is 4.90 Å². The Bertz CT molecular complexity index is 338. The van der Waals surface area contributed by atoms with E-state index in [0.29, 0.717) is 6.54 Å². The molecule has 0 aliphatic heterocycles. The van der Waals surface area contributed by atoms with Crippen molar-refractivity contribution in [2.75, 3.05) is 26.7 Å². The van der Waals surface area contributed by atoms with Crippen molar-refractivity contribution in [2.24, 2.45) is 0 Å². The number of aliphatic hydroxyl groups excluding tert-OH is 1. The standard InChI is InChI=1S/C11H16N2O3/c1-12(8-9-14)7-6-10-2-4-11(5-3-10)13(15)16/h2-5,14H,6-9H2,1H3. The van der Waals surface area contributed by atoms with Gasteiger partial charge in [0.25, 0.3) is 5.69 Å². The number of hydrogen-bond acceptors (Lipinski definition) is 4. The summed E-state index contributed by atoms with van der Waals surface area (Å²) in [5.74, 6) is 0. The molecule has 0 amide bonds. The maximum atomic E-state index is 10.4. The smallest absolute Gasteiger partial charge is 0.269 e. The number of aliphatic hydroxyl groups is 1. The van der Waals surface area contributed by atoms with E-state index in [1.165, 1.54) is 12.1 Å². The van der Waals surface area contributed by atoms with E-state index in [4.69, 9.17) is 5.11 Å². The van der Waals surface area contributed by atoms with E-state index < -0.39 is 4.92 Å². The van der Waals surface area contributed by atoms with E-state index in [-0.39, 0.29) is 12.3 Å². The van der Waals surface area contributed by atoms with E-state index in [1.54, 1.807) is 12.1 Å². The lowest BCUT2D eigenvalue weighted by Crippen LogP contribution is -2.24. The molecule has 0 spiro atoms. The number of nitrogens with zero attached hydrogens (tertiary/aromatic N) is 2. The third-order valence-corrected chi connectivity index (χ3v) is 2.41. The Kier molecular flexibility index (Phi) is 4.88. The SMILES string of the molecule is CN(CCO)CCc1ccc([N+](=O)[O-])cc1. The Morgan fingerprint density at radius 3 is 2.44 bits per heavy atom.